The minimum atomic E-state index is -0.754. The molecule has 0 spiro atoms. The Morgan fingerprint density at radius 1 is 1.19 bits per heavy atom. The Morgan fingerprint density at radius 2 is 1.76 bits per heavy atom. The van der Waals surface area contributed by atoms with Crippen LogP contribution in [0.3, 0.4) is 0 Å². The van der Waals surface area contributed by atoms with Crippen molar-refractivity contribution in [1.29, 1.82) is 0 Å². The lowest BCUT2D eigenvalue weighted by atomic mass is 9.48. The second kappa shape index (κ2) is 4.70. The first kappa shape index (κ1) is 14.8. The topological polar surface area (TPSA) is 66.8 Å². The number of hydrogen-bond acceptors (Lipinski definition) is 4. The summed E-state index contributed by atoms with van der Waals surface area (Å²) in [7, 11) is 3.31. The molecule has 4 rings (SSSR count). The Hall–Kier alpha value is -1.10. The third-order valence-electron chi connectivity index (χ3n) is 5.54. The van der Waals surface area contributed by atoms with Crippen molar-refractivity contribution in [2.75, 3.05) is 14.1 Å². The number of hydrogen-bond donors (Lipinski definition) is 1. The summed E-state index contributed by atoms with van der Waals surface area (Å²) in [4.78, 5) is 26.0. The fourth-order valence-electron chi connectivity index (χ4n) is 5.15. The van der Waals surface area contributed by atoms with Crippen molar-refractivity contribution < 1.29 is 19.4 Å². The van der Waals surface area contributed by atoms with E-state index in [2.05, 4.69) is 0 Å². The van der Waals surface area contributed by atoms with Crippen LogP contribution in [0.5, 0.6) is 0 Å². The summed E-state index contributed by atoms with van der Waals surface area (Å²) >= 11 is 0. The van der Waals surface area contributed by atoms with E-state index >= 15 is 0 Å². The molecule has 5 nitrogen and oxygen atoms in total. The zero-order chi connectivity index (χ0) is 15.4. The number of carbonyl (C=O) groups is 2. The van der Waals surface area contributed by atoms with E-state index in [0.717, 1.165) is 32.1 Å². The molecule has 0 aromatic rings. The summed E-state index contributed by atoms with van der Waals surface area (Å²) < 4.78 is 5.46. The van der Waals surface area contributed by atoms with Crippen LogP contribution in [0.15, 0.2) is 0 Å². The van der Waals surface area contributed by atoms with Crippen LogP contribution < -0.4 is 0 Å². The second-order valence-corrected chi connectivity index (χ2v) is 7.75. The van der Waals surface area contributed by atoms with Crippen LogP contribution in [-0.4, -0.2) is 47.7 Å². The smallest absolute Gasteiger partial charge is 0.312 e. The molecule has 0 aromatic carbocycles. The molecule has 4 aliphatic rings. The molecular weight excluding hydrogens is 270 g/mol. The van der Waals surface area contributed by atoms with Gasteiger partial charge in [-0.3, -0.25) is 9.59 Å². The maximum absolute atomic E-state index is 12.7. The van der Waals surface area contributed by atoms with Gasteiger partial charge in [0, 0.05) is 14.1 Å². The lowest BCUT2D eigenvalue weighted by Gasteiger charge is -2.58. The molecule has 0 aromatic heterocycles. The lowest BCUT2D eigenvalue weighted by Crippen LogP contribution is -2.59. The van der Waals surface area contributed by atoms with Crippen LogP contribution in [0.4, 0.5) is 0 Å². The largest absolute Gasteiger partial charge is 0.452 e. The van der Waals surface area contributed by atoms with Gasteiger partial charge in [-0.1, -0.05) is 0 Å². The quantitative estimate of drug-likeness (QED) is 0.798. The van der Waals surface area contributed by atoms with E-state index in [9.17, 15) is 14.7 Å². The highest BCUT2D eigenvalue weighted by Gasteiger charge is 2.61. The van der Waals surface area contributed by atoms with Gasteiger partial charge in [0.1, 0.15) is 0 Å². The number of likely N-dealkylation sites (N-methyl/N-ethyl adjacent to an activating group) is 1. The Balaban J connectivity index is 1.74. The van der Waals surface area contributed by atoms with E-state index in [-0.39, 0.29) is 11.9 Å². The standard InChI is InChI=1S/C16H25NO4/c1-10(13(18)17(2)3)21-14(19)15-5-11-4-12(6-15)8-16(20,7-11)9-15/h10-12,20H,4-9H2,1-3H3/t10-,11-,12+,15?,16?/m1/s1. The van der Waals surface area contributed by atoms with Crippen molar-refractivity contribution in [2.45, 2.75) is 57.2 Å². The van der Waals surface area contributed by atoms with Crippen molar-refractivity contribution in [3.8, 4) is 0 Å². The molecule has 0 heterocycles. The number of amides is 1. The van der Waals surface area contributed by atoms with Gasteiger partial charge in [-0.05, 0) is 57.3 Å². The third kappa shape index (κ3) is 2.45. The third-order valence-corrected chi connectivity index (χ3v) is 5.54. The predicted octanol–water partition coefficient (Wildman–Crippen LogP) is 1.34. The summed E-state index contributed by atoms with van der Waals surface area (Å²) in [6, 6.07) is 0. The van der Waals surface area contributed by atoms with Gasteiger partial charge < -0.3 is 14.7 Å². The zero-order valence-corrected chi connectivity index (χ0v) is 13.1. The first-order chi connectivity index (χ1) is 9.73. The van der Waals surface area contributed by atoms with Crippen LogP contribution in [0, 0.1) is 17.3 Å². The van der Waals surface area contributed by atoms with E-state index in [0.29, 0.717) is 18.3 Å². The number of ether oxygens (including phenoxy) is 1. The van der Waals surface area contributed by atoms with Gasteiger partial charge >= 0.3 is 5.97 Å². The first-order valence-electron chi connectivity index (χ1n) is 7.88. The van der Waals surface area contributed by atoms with Crippen molar-refractivity contribution in [3.05, 3.63) is 0 Å². The van der Waals surface area contributed by atoms with Crippen molar-refractivity contribution in [3.63, 3.8) is 0 Å². The van der Waals surface area contributed by atoms with Crippen LogP contribution >= 0.6 is 0 Å². The van der Waals surface area contributed by atoms with E-state index in [1.54, 1.807) is 21.0 Å². The van der Waals surface area contributed by atoms with E-state index in [1.807, 2.05) is 0 Å². The molecule has 21 heavy (non-hydrogen) atoms. The molecule has 4 bridgehead atoms. The Bertz CT molecular complexity index is 459. The number of esters is 1. The van der Waals surface area contributed by atoms with Crippen LogP contribution in [-0.2, 0) is 14.3 Å². The van der Waals surface area contributed by atoms with Gasteiger partial charge in [-0.15, -0.1) is 0 Å². The van der Waals surface area contributed by atoms with Gasteiger partial charge in [-0.2, -0.15) is 0 Å². The molecule has 5 heteroatoms. The Labute approximate surface area is 125 Å². The molecule has 0 saturated heterocycles. The summed E-state index contributed by atoms with van der Waals surface area (Å²) in [6.07, 6.45) is 4.16. The number of aliphatic hydroxyl groups is 1. The summed E-state index contributed by atoms with van der Waals surface area (Å²) in [5.41, 5.74) is -1.24. The highest BCUT2D eigenvalue weighted by Crippen LogP contribution is 2.62. The Kier molecular flexibility index (Phi) is 3.32. The van der Waals surface area contributed by atoms with E-state index in [4.69, 9.17) is 4.74 Å². The molecule has 0 radical (unpaired) electrons. The SMILES string of the molecule is C[C@@H](OC(=O)C12C[C@@H]3C[C@@H](CC(O)(C3)C1)C2)C(=O)N(C)C. The molecule has 1 N–H and O–H groups in total. The number of nitrogens with zero attached hydrogens (tertiary/aromatic N) is 1. The fourth-order valence-corrected chi connectivity index (χ4v) is 5.15. The van der Waals surface area contributed by atoms with Crippen LogP contribution in [0.2, 0.25) is 0 Å². The summed E-state index contributed by atoms with van der Waals surface area (Å²) in [5.74, 6) is 0.386. The molecule has 118 valence electrons. The lowest BCUT2D eigenvalue weighted by molar-refractivity contribution is -0.200. The maximum Gasteiger partial charge on any atom is 0.312 e. The van der Waals surface area contributed by atoms with Gasteiger partial charge in [0.25, 0.3) is 5.91 Å². The molecular formula is C16H25NO4. The van der Waals surface area contributed by atoms with Crippen molar-refractivity contribution in [1.82, 2.24) is 4.90 Å². The Morgan fingerprint density at radius 3 is 2.24 bits per heavy atom. The zero-order valence-electron chi connectivity index (χ0n) is 13.1. The van der Waals surface area contributed by atoms with Gasteiger partial charge in [-0.25, -0.2) is 0 Å². The normalized spacial score (nSPS) is 41.7. The molecule has 2 unspecified atom stereocenters. The average molecular weight is 295 g/mol. The minimum absolute atomic E-state index is 0.202. The molecule has 5 atom stereocenters. The summed E-state index contributed by atoms with van der Waals surface area (Å²) in [6.45, 7) is 1.62. The monoisotopic (exact) mass is 295 g/mol. The highest BCUT2D eigenvalue weighted by molar-refractivity contribution is 5.85. The number of rotatable bonds is 3. The van der Waals surface area contributed by atoms with Crippen LogP contribution in [0.1, 0.15) is 45.4 Å². The molecule has 4 fully saturated rings. The van der Waals surface area contributed by atoms with Gasteiger partial charge in [0.15, 0.2) is 6.10 Å². The van der Waals surface area contributed by atoms with Crippen molar-refractivity contribution >= 4 is 11.9 Å². The summed E-state index contributed by atoms with van der Waals surface area (Å²) in [5, 5.41) is 10.7. The molecule has 1 amide bonds. The molecule has 4 aliphatic carbocycles. The first-order valence-corrected chi connectivity index (χ1v) is 7.88. The van der Waals surface area contributed by atoms with Crippen LogP contribution in [0.25, 0.3) is 0 Å². The fraction of sp³-hybridized carbons (Fsp3) is 0.875. The average Bonchev–Trinajstić information content (AvgIpc) is 2.34. The van der Waals surface area contributed by atoms with Gasteiger partial charge in [0.2, 0.25) is 0 Å². The van der Waals surface area contributed by atoms with Gasteiger partial charge in [0.05, 0.1) is 11.0 Å². The van der Waals surface area contributed by atoms with E-state index in [1.165, 1.54) is 4.90 Å². The van der Waals surface area contributed by atoms with E-state index < -0.39 is 17.1 Å². The highest BCUT2D eigenvalue weighted by atomic mass is 16.5. The molecule has 0 aliphatic heterocycles. The minimum Gasteiger partial charge on any atom is -0.452 e. The number of carbonyl (C=O) groups excluding carboxylic acids is 2. The van der Waals surface area contributed by atoms with Crippen molar-refractivity contribution in [2.24, 2.45) is 17.3 Å². The predicted molar refractivity (Wildman–Crippen MR) is 76.3 cm³/mol. The maximum atomic E-state index is 12.7. The second-order valence-electron chi connectivity index (χ2n) is 7.75. The molecule has 4 saturated carbocycles.